The lowest BCUT2D eigenvalue weighted by Gasteiger charge is -2.15. The summed E-state index contributed by atoms with van der Waals surface area (Å²) in [5.41, 5.74) is 2.38. The molecule has 0 atom stereocenters. The lowest BCUT2D eigenvalue weighted by atomic mass is 10.1. The van der Waals surface area contributed by atoms with Crippen LogP contribution in [0.2, 0.25) is 5.02 Å². The second-order valence-corrected chi connectivity index (χ2v) is 8.31. The van der Waals surface area contributed by atoms with Crippen molar-refractivity contribution >= 4 is 34.2 Å². The Labute approximate surface area is 199 Å². The van der Waals surface area contributed by atoms with Crippen molar-refractivity contribution in [1.29, 1.82) is 5.41 Å². The van der Waals surface area contributed by atoms with Crippen LogP contribution in [-0.4, -0.2) is 19.9 Å². The van der Waals surface area contributed by atoms with E-state index in [1.165, 1.54) is 10.5 Å². The number of nitrogens with one attached hydrogen (secondary N) is 2. The van der Waals surface area contributed by atoms with Crippen LogP contribution < -0.4 is 16.4 Å². The molecule has 2 N–H and O–H groups in total. The van der Waals surface area contributed by atoms with Gasteiger partial charge in [-0.3, -0.25) is 19.4 Å². The van der Waals surface area contributed by atoms with Crippen molar-refractivity contribution in [2.75, 3.05) is 0 Å². The van der Waals surface area contributed by atoms with Crippen molar-refractivity contribution in [3.05, 3.63) is 123 Å². The molecule has 0 unspecified atom stereocenters. The molecule has 3 aromatic heterocycles. The standard InChI is InChI=1S/C26H20ClN5O2/c27-19-11-9-18(10-12-19)16-32-23(28)20(25(33)29-15-17-6-2-1-3-7-17)14-21-24(32)30-22-8-4-5-13-31(22)26(21)34/h1-14,28H,15-16H2,(H,29,33). The van der Waals surface area contributed by atoms with E-state index in [4.69, 9.17) is 17.0 Å². The first-order valence-corrected chi connectivity index (χ1v) is 11.0. The summed E-state index contributed by atoms with van der Waals surface area (Å²) in [6, 6.07) is 23.5. The number of carbonyl (C=O) groups excluding carboxylic acids is 1. The van der Waals surface area contributed by atoms with Gasteiger partial charge in [0.25, 0.3) is 11.5 Å². The number of nitrogens with zero attached hydrogens (tertiary/aromatic N) is 3. The van der Waals surface area contributed by atoms with E-state index in [1.807, 2.05) is 42.5 Å². The highest BCUT2D eigenvalue weighted by molar-refractivity contribution is 6.30. The molecule has 168 valence electrons. The van der Waals surface area contributed by atoms with Crippen LogP contribution >= 0.6 is 11.6 Å². The molecule has 7 nitrogen and oxygen atoms in total. The number of rotatable bonds is 5. The van der Waals surface area contributed by atoms with Crippen LogP contribution in [0.1, 0.15) is 21.5 Å². The van der Waals surface area contributed by atoms with Crippen molar-refractivity contribution < 1.29 is 4.79 Å². The molecule has 0 saturated carbocycles. The average Bonchev–Trinajstić information content (AvgIpc) is 2.86. The van der Waals surface area contributed by atoms with E-state index >= 15 is 0 Å². The predicted octanol–water partition coefficient (Wildman–Crippen LogP) is 3.76. The Kier molecular flexibility index (Phi) is 5.69. The Morgan fingerprint density at radius 1 is 0.971 bits per heavy atom. The maximum Gasteiger partial charge on any atom is 0.267 e. The van der Waals surface area contributed by atoms with Crippen molar-refractivity contribution in [1.82, 2.24) is 19.3 Å². The Morgan fingerprint density at radius 3 is 2.47 bits per heavy atom. The Morgan fingerprint density at radius 2 is 1.71 bits per heavy atom. The molecule has 0 aliphatic rings. The van der Waals surface area contributed by atoms with Crippen LogP contribution in [0, 0.1) is 5.41 Å². The fraction of sp³-hybridized carbons (Fsp3) is 0.0769. The molecule has 5 aromatic rings. The topological polar surface area (TPSA) is 92.2 Å². The van der Waals surface area contributed by atoms with E-state index in [0.717, 1.165) is 11.1 Å². The van der Waals surface area contributed by atoms with Gasteiger partial charge in [-0.25, -0.2) is 4.98 Å². The van der Waals surface area contributed by atoms with Crippen LogP contribution in [-0.2, 0) is 13.1 Å². The van der Waals surface area contributed by atoms with Gasteiger partial charge in [-0.05, 0) is 41.5 Å². The SMILES string of the molecule is N=c1c(C(=O)NCc2ccccc2)cc2c(=O)n3ccccc3nc2n1Cc1ccc(Cl)cc1. The van der Waals surface area contributed by atoms with Gasteiger partial charge in [-0.15, -0.1) is 0 Å². The fourth-order valence-electron chi connectivity index (χ4n) is 3.86. The zero-order valence-electron chi connectivity index (χ0n) is 18.0. The monoisotopic (exact) mass is 469 g/mol. The van der Waals surface area contributed by atoms with E-state index in [0.29, 0.717) is 22.9 Å². The third-order valence-corrected chi connectivity index (χ3v) is 5.86. The second-order valence-electron chi connectivity index (χ2n) is 7.87. The highest BCUT2D eigenvalue weighted by Gasteiger charge is 2.17. The molecule has 2 aromatic carbocycles. The van der Waals surface area contributed by atoms with Gasteiger partial charge in [-0.2, -0.15) is 0 Å². The number of benzene rings is 2. The molecule has 0 saturated heterocycles. The molecule has 0 aliphatic heterocycles. The maximum atomic E-state index is 13.3. The average molecular weight is 470 g/mol. The minimum Gasteiger partial charge on any atom is -0.348 e. The molecule has 34 heavy (non-hydrogen) atoms. The first-order chi connectivity index (χ1) is 16.5. The van der Waals surface area contributed by atoms with Crippen molar-refractivity contribution in [2.24, 2.45) is 0 Å². The molecule has 1 amide bonds. The molecule has 0 bridgehead atoms. The highest BCUT2D eigenvalue weighted by Crippen LogP contribution is 2.14. The summed E-state index contributed by atoms with van der Waals surface area (Å²) in [4.78, 5) is 31.1. The van der Waals surface area contributed by atoms with Gasteiger partial charge in [0.15, 0.2) is 0 Å². The summed E-state index contributed by atoms with van der Waals surface area (Å²) in [6.45, 7) is 0.561. The van der Waals surface area contributed by atoms with Crippen molar-refractivity contribution in [3.8, 4) is 0 Å². The van der Waals surface area contributed by atoms with Gasteiger partial charge >= 0.3 is 0 Å². The van der Waals surface area contributed by atoms with E-state index in [-0.39, 0.29) is 28.5 Å². The number of hydrogen-bond acceptors (Lipinski definition) is 4. The summed E-state index contributed by atoms with van der Waals surface area (Å²) < 4.78 is 3.02. The number of pyridine rings is 2. The minimum absolute atomic E-state index is 0.0276. The summed E-state index contributed by atoms with van der Waals surface area (Å²) in [6.07, 6.45) is 1.64. The first kappa shape index (κ1) is 21.6. The lowest BCUT2D eigenvalue weighted by Crippen LogP contribution is -2.35. The van der Waals surface area contributed by atoms with Gasteiger partial charge in [0.2, 0.25) is 0 Å². The predicted molar refractivity (Wildman–Crippen MR) is 131 cm³/mol. The third-order valence-electron chi connectivity index (χ3n) is 5.61. The Hall–Kier alpha value is -4.23. The number of aromatic nitrogens is 3. The molecule has 5 rings (SSSR count). The summed E-state index contributed by atoms with van der Waals surface area (Å²) in [7, 11) is 0. The molecular weight excluding hydrogens is 450 g/mol. The van der Waals surface area contributed by atoms with Crippen LogP contribution in [0.15, 0.2) is 89.9 Å². The van der Waals surface area contributed by atoms with E-state index < -0.39 is 5.91 Å². The molecule has 0 fully saturated rings. The molecule has 0 spiro atoms. The van der Waals surface area contributed by atoms with Crippen molar-refractivity contribution in [3.63, 3.8) is 0 Å². The van der Waals surface area contributed by atoms with E-state index in [9.17, 15) is 9.59 Å². The zero-order valence-corrected chi connectivity index (χ0v) is 18.8. The second kappa shape index (κ2) is 8.96. The smallest absolute Gasteiger partial charge is 0.267 e. The normalized spacial score (nSPS) is 11.1. The Balaban J connectivity index is 1.67. The molecule has 0 radical (unpaired) electrons. The van der Waals surface area contributed by atoms with Crippen molar-refractivity contribution in [2.45, 2.75) is 13.1 Å². The number of hydrogen-bond donors (Lipinski definition) is 2. The van der Waals surface area contributed by atoms with Gasteiger partial charge in [0.05, 0.1) is 17.5 Å². The molecule has 0 aliphatic carbocycles. The van der Waals surface area contributed by atoms with Crippen LogP contribution in [0.3, 0.4) is 0 Å². The lowest BCUT2D eigenvalue weighted by molar-refractivity contribution is 0.0948. The molecular formula is C26H20ClN5O2. The summed E-state index contributed by atoms with van der Waals surface area (Å²) >= 11 is 6.03. The maximum absolute atomic E-state index is 13.3. The van der Waals surface area contributed by atoms with Crippen LogP contribution in [0.5, 0.6) is 0 Å². The van der Waals surface area contributed by atoms with Crippen LogP contribution in [0.25, 0.3) is 16.7 Å². The van der Waals surface area contributed by atoms with Crippen LogP contribution in [0.4, 0.5) is 0 Å². The van der Waals surface area contributed by atoms with E-state index in [2.05, 4.69) is 10.3 Å². The fourth-order valence-corrected chi connectivity index (χ4v) is 3.99. The number of halogens is 1. The Bertz CT molecular complexity index is 1640. The third kappa shape index (κ3) is 4.09. The van der Waals surface area contributed by atoms with Gasteiger partial charge < -0.3 is 9.88 Å². The largest absolute Gasteiger partial charge is 0.348 e. The quantitative estimate of drug-likeness (QED) is 0.384. The number of fused-ring (bicyclic) bond motifs is 2. The van der Waals surface area contributed by atoms with E-state index in [1.54, 1.807) is 41.1 Å². The number of amides is 1. The molecule has 8 heteroatoms. The first-order valence-electron chi connectivity index (χ1n) is 10.7. The summed E-state index contributed by atoms with van der Waals surface area (Å²) in [5, 5.41) is 12.6. The minimum atomic E-state index is -0.432. The zero-order chi connectivity index (χ0) is 23.7. The van der Waals surface area contributed by atoms with Gasteiger partial charge in [-0.1, -0.05) is 60.1 Å². The van der Waals surface area contributed by atoms with Gasteiger partial charge in [0.1, 0.15) is 16.8 Å². The number of carbonyl (C=O) groups is 1. The summed E-state index contributed by atoms with van der Waals surface area (Å²) in [5.74, 6) is -0.432. The molecule has 3 heterocycles. The highest BCUT2D eigenvalue weighted by atomic mass is 35.5. The van der Waals surface area contributed by atoms with Gasteiger partial charge in [0, 0.05) is 17.8 Å².